The van der Waals surface area contributed by atoms with Gasteiger partial charge in [0.2, 0.25) is 0 Å². The molecule has 1 fully saturated rings. The average molecular weight is 410 g/mol. The second kappa shape index (κ2) is 6.78. The normalized spacial score (nSPS) is 17.7. The van der Waals surface area contributed by atoms with Crippen LogP contribution in [0.2, 0.25) is 5.02 Å². The Labute approximate surface area is 150 Å². The summed E-state index contributed by atoms with van der Waals surface area (Å²) in [5, 5.41) is 13.4. The number of hydrogen-bond acceptors (Lipinski definition) is 4. The van der Waals surface area contributed by atoms with Crippen molar-refractivity contribution in [3.63, 3.8) is 0 Å². The molecule has 1 amide bonds. The number of aliphatic imine (C=N–C) groups is 1. The lowest BCUT2D eigenvalue weighted by atomic mass is 10.2. The number of hydrogen-bond donors (Lipinski definition) is 2. The number of nitrogens with one attached hydrogen (secondary N) is 1. The lowest BCUT2D eigenvalue weighted by Gasteiger charge is -2.03. The van der Waals surface area contributed by atoms with Crippen molar-refractivity contribution < 1.29 is 9.90 Å². The van der Waals surface area contributed by atoms with Crippen molar-refractivity contribution in [3.05, 3.63) is 62.4 Å². The first kappa shape index (κ1) is 16.1. The molecule has 0 unspecified atom stereocenters. The van der Waals surface area contributed by atoms with E-state index in [1.54, 1.807) is 18.2 Å². The lowest BCUT2D eigenvalue weighted by Crippen LogP contribution is -2.19. The second-order valence-electron chi connectivity index (χ2n) is 4.64. The SMILES string of the molecule is O=C1NC(=Nc2ccccc2)SC1=Cc1cc(Br)cc(Cl)c1O. The highest BCUT2D eigenvalue weighted by molar-refractivity contribution is 9.10. The summed E-state index contributed by atoms with van der Waals surface area (Å²) in [7, 11) is 0. The number of aromatic hydroxyl groups is 1. The molecule has 0 atom stereocenters. The van der Waals surface area contributed by atoms with Crippen LogP contribution in [0.3, 0.4) is 0 Å². The van der Waals surface area contributed by atoms with E-state index in [4.69, 9.17) is 11.6 Å². The second-order valence-corrected chi connectivity index (χ2v) is 7.00. The smallest absolute Gasteiger partial charge is 0.264 e. The minimum Gasteiger partial charge on any atom is -0.506 e. The van der Waals surface area contributed by atoms with Gasteiger partial charge in [0.1, 0.15) is 5.75 Å². The van der Waals surface area contributed by atoms with E-state index in [2.05, 4.69) is 26.2 Å². The van der Waals surface area contributed by atoms with E-state index in [1.807, 2.05) is 30.3 Å². The van der Waals surface area contributed by atoms with E-state index in [-0.39, 0.29) is 16.7 Å². The van der Waals surface area contributed by atoms with Gasteiger partial charge < -0.3 is 10.4 Å². The molecule has 1 aliphatic rings. The van der Waals surface area contributed by atoms with Gasteiger partial charge in [-0.3, -0.25) is 4.79 Å². The highest BCUT2D eigenvalue weighted by Crippen LogP contribution is 2.35. The van der Waals surface area contributed by atoms with Gasteiger partial charge in [-0.05, 0) is 42.1 Å². The number of nitrogens with zero attached hydrogens (tertiary/aromatic N) is 1. The van der Waals surface area contributed by atoms with Crippen LogP contribution in [0.15, 0.2) is 56.8 Å². The van der Waals surface area contributed by atoms with E-state index in [1.165, 1.54) is 11.8 Å². The van der Waals surface area contributed by atoms with Crippen molar-refractivity contribution in [2.75, 3.05) is 0 Å². The van der Waals surface area contributed by atoms with Gasteiger partial charge in [-0.1, -0.05) is 45.7 Å². The molecule has 3 rings (SSSR count). The molecule has 1 aliphatic heterocycles. The first-order valence-corrected chi connectivity index (χ1v) is 8.54. The summed E-state index contributed by atoms with van der Waals surface area (Å²) >= 11 is 10.5. The van der Waals surface area contributed by atoms with Gasteiger partial charge in [-0.2, -0.15) is 0 Å². The molecule has 0 bridgehead atoms. The lowest BCUT2D eigenvalue weighted by molar-refractivity contribution is -0.115. The fourth-order valence-electron chi connectivity index (χ4n) is 1.94. The number of benzene rings is 2. The third-order valence-corrected chi connectivity index (χ3v) is 4.64. The molecule has 23 heavy (non-hydrogen) atoms. The number of carbonyl (C=O) groups excluding carboxylic acids is 1. The van der Waals surface area contributed by atoms with Crippen LogP contribution in [0.5, 0.6) is 5.75 Å². The molecule has 0 radical (unpaired) electrons. The Bertz CT molecular complexity index is 837. The maximum absolute atomic E-state index is 12.1. The summed E-state index contributed by atoms with van der Waals surface area (Å²) in [5.74, 6) is -0.329. The molecule has 0 aromatic heterocycles. The van der Waals surface area contributed by atoms with Crippen LogP contribution >= 0.6 is 39.3 Å². The van der Waals surface area contributed by atoms with Crippen molar-refractivity contribution in [3.8, 4) is 5.75 Å². The summed E-state index contributed by atoms with van der Waals surface area (Å²) in [4.78, 5) is 16.9. The van der Waals surface area contributed by atoms with Crippen LogP contribution < -0.4 is 5.32 Å². The van der Waals surface area contributed by atoms with Crippen molar-refractivity contribution in [2.45, 2.75) is 0 Å². The fraction of sp³-hybridized carbons (Fsp3) is 0. The molecule has 1 saturated heterocycles. The quantitative estimate of drug-likeness (QED) is 0.707. The number of phenolic OH excluding ortho intramolecular Hbond substituents is 1. The molecule has 2 aromatic carbocycles. The average Bonchev–Trinajstić information content (AvgIpc) is 2.85. The monoisotopic (exact) mass is 408 g/mol. The third kappa shape index (κ3) is 3.77. The molecule has 116 valence electrons. The first-order valence-electron chi connectivity index (χ1n) is 6.55. The Kier molecular flexibility index (Phi) is 4.75. The van der Waals surface area contributed by atoms with Gasteiger partial charge in [0.15, 0.2) is 5.17 Å². The summed E-state index contributed by atoms with van der Waals surface area (Å²) in [6.07, 6.45) is 1.58. The van der Waals surface area contributed by atoms with Crippen molar-refractivity contribution in [1.82, 2.24) is 5.32 Å². The van der Waals surface area contributed by atoms with E-state index in [0.29, 0.717) is 20.1 Å². The fourth-order valence-corrected chi connectivity index (χ4v) is 3.60. The zero-order valence-corrected chi connectivity index (χ0v) is 14.7. The van der Waals surface area contributed by atoms with Crippen LogP contribution in [-0.4, -0.2) is 16.2 Å². The van der Waals surface area contributed by atoms with Gasteiger partial charge in [0.25, 0.3) is 5.91 Å². The first-order chi connectivity index (χ1) is 11.0. The summed E-state index contributed by atoms with van der Waals surface area (Å²) in [5.41, 5.74) is 1.22. The molecule has 4 nitrogen and oxygen atoms in total. The van der Waals surface area contributed by atoms with Crippen LogP contribution in [-0.2, 0) is 4.79 Å². The van der Waals surface area contributed by atoms with Gasteiger partial charge in [-0.15, -0.1) is 0 Å². The topological polar surface area (TPSA) is 61.7 Å². The molecule has 0 spiro atoms. The van der Waals surface area contributed by atoms with Crippen LogP contribution in [0.25, 0.3) is 6.08 Å². The molecule has 0 aliphatic carbocycles. The number of carbonyl (C=O) groups is 1. The minimum absolute atomic E-state index is 0.0655. The summed E-state index contributed by atoms with van der Waals surface area (Å²) in [6, 6.07) is 12.6. The maximum Gasteiger partial charge on any atom is 0.264 e. The molecular weight excluding hydrogens is 400 g/mol. The van der Waals surface area contributed by atoms with Crippen molar-refractivity contribution in [2.24, 2.45) is 4.99 Å². The number of amidine groups is 1. The Morgan fingerprint density at radius 2 is 2.00 bits per heavy atom. The zero-order chi connectivity index (χ0) is 16.4. The number of para-hydroxylation sites is 1. The predicted octanol–water partition coefficient (Wildman–Crippen LogP) is 4.70. The van der Waals surface area contributed by atoms with E-state index in [0.717, 1.165) is 5.69 Å². The van der Waals surface area contributed by atoms with Crippen LogP contribution in [0.1, 0.15) is 5.56 Å². The Morgan fingerprint density at radius 1 is 1.26 bits per heavy atom. The molecular formula is C16H10BrClN2O2S. The number of rotatable bonds is 2. The molecule has 2 aromatic rings. The minimum atomic E-state index is -0.264. The molecule has 1 heterocycles. The molecule has 2 N–H and O–H groups in total. The van der Waals surface area contributed by atoms with Crippen LogP contribution in [0, 0.1) is 0 Å². The van der Waals surface area contributed by atoms with Gasteiger partial charge in [-0.25, -0.2) is 4.99 Å². The Hall–Kier alpha value is -1.76. The summed E-state index contributed by atoms with van der Waals surface area (Å²) < 4.78 is 0.716. The van der Waals surface area contributed by atoms with Crippen molar-refractivity contribution >= 4 is 62.1 Å². The van der Waals surface area contributed by atoms with Gasteiger partial charge >= 0.3 is 0 Å². The third-order valence-electron chi connectivity index (χ3n) is 2.98. The highest BCUT2D eigenvalue weighted by atomic mass is 79.9. The largest absolute Gasteiger partial charge is 0.506 e. The number of thioether (sulfide) groups is 1. The molecule has 0 saturated carbocycles. The van der Waals surface area contributed by atoms with E-state index in [9.17, 15) is 9.90 Å². The number of amides is 1. The molecule has 7 heteroatoms. The standard InChI is InChI=1S/C16H10BrClN2O2S/c17-10-6-9(14(21)12(18)8-10)7-13-15(22)20-16(23-13)19-11-4-2-1-3-5-11/h1-8,21H,(H,19,20,22). The van der Waals surface area contributed by atoms with E-state index < -0.39 is 0 Å². The van der Waals surface area contributed by atoms with Gasteiger partial charge in [0, 0.05) is 10.0 Å². The number of halogens is 2. The Morgan fingerprint density at radius 3 is 2.74 bits per heavy atom. The van der Waals surface area contributed by atoms with Crippen LogP contribution in [0.4, 0.5) is 5.69 Å². The number of phenols is 1. The predicted molar refractivity (Wildman–Crippen MR) is 98.1 cm³/mol. The highest BCUT2D eigenvalue weighted by Gasteiger charge is 2.24. The van der Waals surface area contributed by atoms with E-state index >= 15 is 0 Å². The van der Waals surface area contributed by atoms with Gasteiger partial charge in [0.05, 0.1) is 15.6 Å². The zero-order valence-electron chi connectivity index (χ0n) is 11.6. The maximum atomic E-state index is 12.1. The Balaban J connectivity index is 1.90. The van der Waals surface area contributed by atoms with Crippen molar-refractivity contribution in [1.29, 1.82) is 0 Å². The summed E-state index contributed by atoms with van der Waals surface area (Å²) in [6.45, 7) is 0.